The topological polar surface area (TPSA) is 58.6 Å². The first-order valence-corrected chi connectivity index (χ1v) is 3.79. The van der Waals surface area contributed by atoms with Gasteiger partial charge in [0.2, 0.25) is 6.41 Å². The van der Waals surface area contributed by atoms with Crippen molar-refractivity contribution in [3.8, 4) is 0 Å². The molecule has 4 nitrogen and oxygen atoms in total. The first-order chi connectivity index (χ1) is 5.36. The molecule has 0 aliphatic carbocycles. The Morgan fingerprint density at radius 3 is 2.91 bits per heavy atom. The van der Waals surface area contributed by atoms with Crippen LogP contribution in [0.4, 0.5) is 0 Å². The summed E-state index contributed by atoms with van der Waals surface area (Å²) in [5.74, 6) is 0. The number of carbonyl (C=O) groups excluding carboxylic acids is 1. The molecule has 1 amide bonds. The fraction of sp³-hybridized carbons (Fsp3) is 0.857. The molecule has 2 N–H and O–H groups in total. The van der Waals surface area contributed by atoms with Gasteiger partial charge in [0.25, 0.3) is 0 Å². The highest BCUT2D eigenvalue weighted by Gasteiger charge is 2.19. The van der Waals surface area contributed by atoms with Gasteiger partial charge in [0.05, 0.1) is 25.4 Å². The van der Waals surface area contributed by atoms with Gasteiger partial charge in [-0.1, -0.05) is 0 Å². The van der Waals surface area contributed by atoms with Crippen molar-refractivity contribution in [2.45, 2.75) is 25.0 Å². The zero-order valence-electron chi connectivity index (χ0n) is 6.32. The Bertz CT molecular complexity index is 121. The first-order valence-electron chi connectivity index (χ1n) is 3.79. The maximum atomic E-state index is 10.0. The van der Waals surface area contributed by atoms with Crippen LogP contribution in [0, 0.1) is 0 Å². The molecule has 1 aliphatic rings. The predicted octanol–water partition coefficient (Wildman–Crippen LogP) is -0.728. The average molecular weight is 159 g/mol. The number of hydrogen-bond donors (Lipinski definition) is 2. The van der Waals surface area contributed by atoms with E-state index in [-0.39, 0.29) is 18.8 Å². The molecule has 1 unspecified atom stereocenters. The van der Waals surface area contributed by atoms with Crippen LogP contribution in [-0.2, 0) is 9.53 Å². The molecule has 1 saturated heterocycles. The third-order valence-corrected chi connectivity index (χ3v) is 1.88. The second-order valence-corrected chi connectivity index (χ2v) is 2.70. The number of nitrogens with one attached hydrogen (secondary N) is 1. The smallest absolute Gasteiger partial charge is 0.207 e. The molecule has 1 aliphatic heterocycles. The van der Waals surface area contributed by atoms with Crippen molar-refractivity contribution in [2.75, 3.05) is 13.2 Å². The van der Waals surface area contributed by atoms with Crippen molar-refractivity contribution < 1.29 is 14.6 Å². The molecule has 4 heteroatoms. The summed E-state index contributed by atoms with van der Waals surface area (Å²) in [4.78, 5) is 10.0. The van der Waals surface area contributed by atoms with E-state index in [1.165, 1.54) is 0 Å². The summed E-state index contributed by atoms with van der Waals surface area (Å²) in [5, 5.41) is 11.3. The van der Waals surface area contributed by atoms with E-state index in [4.69, 9.17) is 9.84 Å². The van der Waals surface area contributed by atoms with Gasteiger partial charge in [0, 0.05) is 0 Å². The molecule has 0 aromatic carbocycles. The van der Waals surface area contributed by atoms with Crippen molar-refractivity contribution in [1.82, 2.24) is 5.32 Å². The molecule has 2 atom stereocenters. The second-order valence-electron chi connectivity index (χ2n) is 2.70. The van der Waals surface area contributed by atoms with Crippen LogP contribution in [-0.4, -0.2) is 36.9 Å². The minimum absolute atomic E-state index is 0.0281. The highest BCUT2D eigenvalue weighted by atomic mass is 16.5. The Morgan fingerprint density at radius 1 is 1.64 bits per heavy atom. The minimum atomic E-state index is -0.0281. The number of carbonyl (C=O) groups is 1. The average Bonchev–Trinajstić information content (AvgIpc) is 2.07. The lowest BCUT2D eigenvalue weighted by Crippen LogP contribution is -2.40. The van der Waals surface area contributed by atoms with Gasteiger partial charge in [-0.25, -0.2) is 0 Å². The number of aliphatic hydroxyl groups excluding tert-OH is 1. The van der Waals surface area contributed by atoms with Gasteiger partial charge in [-0.2, -0.15) is 0 Å². The fourth-order valence-corrected chi connectivity index (χ4v) is 1.18. The zero-order valence-corrected chi connectivity index (χ0v) is 6.32. The van der Waals surface area contributed by atoms with Crippen LogP contribution in [0.25, 0.3) is 0 Å². The van der Waals surface area contributed by atoms with E-state index in [0.29, 0.717) is 13.0 Å². The van der Waals surface area contributed by atoms with Crippen LogP contribution in [0.15, 0.2) is 0 Å². The summed E-state index contributed by atoms with van der Waals surface area (Å²) >= 11 is 0. The van der Waals surface area contributed by atoms with E-state index in [1.807, 2.05) is 0 Å². The minimum Gasteiger partial charge on any atom is -0.394 e. The molecule has 0 radical (unpaired) electrons. The van der Waals surface area contributed by atoms with E-state index >= 15 is 0 Å². The van der Waals surface area contributed by atoms with E-state index in [1.54, 1.807) is 0 Å². The normalized spacial score (nSPS) is 31.4. The summed E-state index contributed by atoms with van der Waals surface area (Å²) in [5.41, 5.74) is 0. The van der Waals surface area contributed by atoms with Gasteiger partial charge in [0.1, 0.15) is 0 Å². The lowest BCUT2D eigenvalue weighted by Gasteiger charge is -2.27. The summed E-state index contributed by atoms with van der Waals surface area (Å²) < 4.78 is 5.22. The molecule has 0 aromatic rings. The van der Waals surface area contributed by atoms with Crippen molar-refractivity contribution >= 4 is 6.41 Å². The van der Waals surface area contributed by atoms with Crippen LogP contribution >= 0.6 is 0 Å². The largest absolute Gasteiger partial charge is 0.394 e. The third kappa shape index (κ3) is 2.48. The highest BCUT2D eigenvalue weighted by molar-refractivity contribution is 5.46. The number of hydrogen-bond acceptors (Lipinski definition) is 3. The molecule has 0 saturated carbocycles. The van der Waals surface area contributed by atoms with E-state index in [2.05, 4.69) is 5.32 Å². The van der Waals surface area contributed by atoms with Crippen LogP contribution in [0.1, 0.15) is 12.8 Å². The Morgan fingerprint density at radius 2 is 2.45 bits per heavy atom. The Hall–Kier alpha value is -0.610. The maximum absolute atomic E-state index is 10.0. The molecular formula is C7H13NO3. The number of rotatable bonds is 3. The van der Waals surface area contributed by atoms with E-state index in [0.717, 1.165) is 12.8 Å². The molecule has 1 rings (SSSR count). The highest BCUT2D eigenvalue weighted by Crippen LogP contribution is 2.12. The van der Waals surface area contributed by atoms with Gasteiger partial charge >= 0.3 is 0 Å². The fourth-order valence-electron chi connectivity index (χ4n) is 1.18. The molecule has 0 spiro atoms. The van der Waals surface area contributed by atoms with E-state index < -0.39 is 0 Å². The third-order valence-electron chi connectivity index (χ3n) is 1.88. The summed E-state index contributed by atoms with van der Waals surface area (Å²) in [6.07, 6.45) is 2.37. The van der Waals surface area contributed by atoms with Gasteiger partial charge in [0.15, 0.2) is 0 Å². The van der Waals surface area contributed by atoms with Crippen molar-refractivity contribution in [2.24, 2.45) is 0 Å². The summed E-state index contributed by atoms with van der Waals surface area (Å²) in [7, 11) is 0. The lowest BCUT2D eigenvalue weighted by atomic mass is 10.1. The Balaban J connectivity index is 2.18. The van der Waals surface area contributed by atoms with Gasteiger partial charge in [-0.15, -0.1) is 0 Å². The van der Waals surface area contributed by atoms with Crippen molar-refractivity contribution in [1.29, 1.82) is 0 Å². The molecule has 0 aromatic heterocycles. The lowest BCUT2D eigenvalue weighted by molar-refractivity contribution is -0.111. The molecule has 1 fully saturated rings. The van der Waals surface area contributed by atoms with Crippen molar-refractivity contribution in [3.63, 3.8) is 0 Å². The quantitative estimate of drug-likeness (QED) is 0.534. The molecule has 1 heterocycles. The standard InChI is InChI=1S/C7H13NO3/c9-3-7-2-1-6(4-11-7)8-5-10/h5-7,9H,1-4H2,(H,8,10)/t6?,7-/m0/s1. The number of aliphatic hydroxyl groups is 1. The number of amides is 1. The first kappa shape index (κ1) is 8.49. The van der Waals surface area contributed by atoms with Crippen LogP contribution in [0.2, 0.25) is 0 Å². The Labute approximate surface area is 65.5 Å². The van der Waals surface area contributed by atoms with Crippen LogP contribution < -0.4 is 5.32 Å². The zero-order chi connectivity index (χ0) is 8.10. The monoisotopic (exact) mass is 159 g/mol. The SMILES string of the molecule is O=CNC1CC[C@@H](CO)OC1. The predicted molar refractivity (Wildman–Crippen MR) is 39.0 cm³/mol. The molecule has 0 bridgehead atoms. The summed E-state index contributed by atoms with van der Waals surface area (Å²) in [6, 6.07) is 0.135. The van der Waals surface area contributed by atoms with Gasteiger partial charge < -0.3 is 15.2 Å². The second kappa shape index (κ2) is 4.31. The van der Waals surface area contributed by atoms with Gasteiger partial charge in [-0.05, 0) is 12.8 Å². The maximum Gasteiger partial charge on any atom is 0.207 e. The van der Waals surface area contributed by atoms with Crippen LogP contribution in [0.3, 0.4) is 0 Å². The van der Waals surface area contributed by atoms with Crippen LogP contribution in [0.5, 0.6) is 0 Å². The van der Waals surface area contributed by atoms with E-state index in [9.17, 15) is 4.79 Å². The van der Waals surface area contributed by atoms with Crippen molar-refractivity contribution in [3.05, 3.63) is 0 Å². The molecule has 11 heavy (non-hydrogen) atoms. The number of ether oxygens (including phenoxy) is 1. The molecular weight excluding hydrogens is 146 g/mol. The molecule has 64 valence electrons. The Kier molecular flexibility index (Phi) is 3.32. The van der Waals surface area contributed by atoms with Gasteiger partial charge in [-0.3, -0.25) is 4.79 Å². The summed E-state index contributed by atoms with van der Waals surface area (Å²) in [6.45, 7) is 0.595.